The molecule has 0 atom stereocenters. The summed E-state index contributed by atoms with van der Waals surface area (Å²) in [5.41, 5.74) is 3.14. The quantitative estimate of drug-likeness (QED) is 0.561. The van der Waals surface area contributed by atoms with Gasteiger partial charge in [0.05, 0.1) is 28.1 Å². The average molecular weight is 351 g/mol. The van der Waals surface area contributed by atoms with Crippen LogP contribution in [0.5, 0.6) is 0 Å². The molecule has 8 nitrogen and oxygen atoms in total. The van der Waals surface area contributed by atoms with Gasteiger partial charge >= 0.3 is 5.69 Å². The first kappa shape index (κ1) is 17.3. The number of nitrogens with zero attached hydrogens (tertiary/aromatic N) is 4. The average Bonchev–Trinajstić information content (AvgIpc) is 3.13. The SMILES string of the molecule is CCc1ccc(NC(=O)c2cc(-n3cc([N+](=O)[O-])cn3)cnc2C)cc1. The number of hydrogen-bond donors (Lipinski definition) is 1. The Kier molecular flexibility index (Phi) is 4.74. The number of rotatable bonds is 5. The molecule has 0 aliphatic carbocycles. The predicted octanol–water partition coefficient (Wildman–Crippen LogP) is 3.30. The molecule has 0 unspecified atom stereocenters. The summed E-state index contributed by atoms with van der Waals surface area (Å²) in [5.74, 6) is -0.303. The summed E-state index contributed by atoms with van der Waals surface area (Å²) in [5, 5.41) is 17.6. The number of aromatic nitrogens is 3. The molecule has 0 bridgehead atoms. The van der Waals surface area contributed by atoms with Gasteiger partial charge in [-0.1, -0.05) is 19.1 Å². The van der Waals surface area contributed by atoms with Gasteiger partial charge in [0.2, 0.25) is 0 Å². The van der Waals surface area contributed by atoms with E-state index in [0.717, 1.165) is 12.6 Å². The number of pyridine rings is 1. The summed E-state index contributed by atoms with van der Waals surface area (Å²) in [4.78, 5) is 27.1. The number of anilines is 1. The predicted molar refractivity (Wildman–Crippen MR) is 96.5 cm³/mol. The Hall–Kier alpha value is -3.55. The van der Waals surface area contributed by atoms with Gasteiger partial charge in [0, 0.05) is 5.69 Å². The number of aryl methyl sites for hydroxylation is 2. The minimum atomic E-state index is -0.529. The molecule has 26 heavy (non-hydrogen) atoms. The number of carbonyl (C=O) groups excluding carboxylic acids is 1. The van der Waals surface area contributed by atoms with Crippen LogP contribution in [0.2, 0.25) is 0 Å². The van der Waals surface area contributed by atoms with E-state index in [1.165, 1.54) is 22.6 Å². The molecule has 0 saturated carbocycles. The summed E-state index contributed by atoms with van der Waals surface area (Å²) in [7, 11) is 0. The molecule has 0 aliphatic rings. The number of nitro groups is 1. The maximum absolute atomic E-state index is 12.6. The molecule has 2 heterocycles. The summed E-state index contributed by atoms with van der Waals surface area (Å²) in [6.07, 6.45) is 4.86. The third kappa shape index (κ3) is 3.59. The van der Waals surface area contributed by atoms with Crippen LogP contribution in [0.1, 0.15) is 28.5 Å². The van der Waals surface area contributed by atoms with E-state index < -0.39 is 4.92 Å². The van der Waals surface area contributed by atoms with E-state index in [9.17, 15) is 14.9 Å². The molecule has 1 aromatic carbocycles. The third-order valence-corrected chi connectivity index (χ3v) is 3.98. The zero-order valence-electron chi connectivity index (χ0n) is 14.3. The topological polar surface area (TPSA) is 103 Å². The first-order valence-electron chi connectivity index (χ1n) is 8.04. The molecule has 0 fully saturated rings. The molecular formula is C18H17N5O3. The second kappa shape index (κ2) is 7.14. The number of hydrogen-bond acceptors (Lipinski definition) is 5. The molecule has 3 aromatic rings. The van der Waals surface area contributed by atoms with Crippen LogP contribution in [0.25, 0.3) is 5.69 Å². The van der Waals surface area contributed by atoms with Gasteiger partial charge in [-0.05, 0) is 37.1 Å². The number of carbonyl (C=O) groups is 1. The molecule has 0 saturated heterocycles. The summed E-state index contributed by atoms with van der Waals surface area (Å²) in [6.45, 7) is 3.79. The number of nitrogens with one attached hydrogen (secondary N) is 1. The van der Waals surface area contributed by atoms with E-state index in [1.54, 1.807) is 13.0 Å². The Morgan fingerprint density at radius 2 is 2.00 bits per heavy atom. The van der Waals surface area contributed by atoms with Crippen molar-refractivity contribution in [1.29, 1.82) is 0 Å². The van der Waals surface area contributed by atoms with Crippen LogP contribution < -0.4 is 5.32 Å². The zero-order chi connectivity index (χ0) is 18.7. The monoisotopic (exact) mass is 351 g/mol. The van der Waals surface area contributed by atoms with Crippen LogP contribution in [-0.4, -0.2) is 25.6 Å². The number of amides is 1. The van der Waals surface area contributed by atoms with Crippen molar-refractivity contribution in [1.82, 2.24) is 14.8 Å². The van der Waals surface area contributed by atoms with Crippen molar-refractivity contribution in [2.45, 2.75) is 20.3 Å². The first-order chi connectivity index (χ1) is 12.5. The van der Waals surface area contributed by atoms with E-state index >= 15 is 0 Å². The van der Waals surface area contributed by atoms with E-state index in [-0.39, 0.29) is 11.6 Å². The van der Waals surface area contributed by atoms with Gasteiger partial charge in [-0.3, -0.25) is 19.9 Å². The van der Waals surface area contributed by atoms with Crippen LogP contribution in [0.15, 0.2) is 48.9 Å². The molecule has 3 rings (SSSR count). The van der Waals surface area contributed by atoms with E-state index in [4.69, 9.17) is 0 Å². The lowest BCUT2D eigenvalue weighted by Crippen LogP contribution is -2.15. The van der Waals surface area contributed by atoms with Gasteiger partial charge in [0.15, 0.2) is 0 Å². The molecule has 0 aliphatic heterocycles. The molecule has 8 heteroatoms. The highest BCUT2D eigenvalue weighted by molar-refractivity contribution is 6.05. The van der Waals surface area contributed by atoms with Crippen LogP contribution >= 0.6 is 0 Å². The van der Waals surface area contributed by atoms with Crippen molar-refractivity contribution in [3.05, 3.63) is 75.9 Å². The second-order valence-electron chi connectivity index (χ2n) is 5.73. The Morgan fingerprint density at radius 1 is 1.27 bits per heavy atom. The van der Waals surface area contributed by atoms with Gasteiger partial charge in [-0.2, -0.15) is 5.10 Å². The van der Waals surface area contributed by atoms with E-state index in [2.05, 4.69) is 22.3 Å². The summed E-state index contributed by atoms with van der Waals surface area (Å²) < 4.78 is 1.32. The Morgan fingerprint density at radius 3 is 2.62 bits per heavy atom. The largest absolute Gasteiger partial charge is 0.322 e. The zero-order valence-corrected chi connectivity index (χ0v) is 14.3. The number of benzene rings is 1. The molecule has 1 N–H and O–H groups in total. The Bertz CT molecular complexity index is 963. The fourth-order valence-corrected chi connectivity index (χ4v) is 2.45. The highest BCUT2D eigenvalue weighted by Gasteiger charge is 2.15. The van der Waals surface area contributed by atoms with Crippen molar-refractivity contribution < 1.29 is 9.72 Å². The third-order valence-electron chi connectivity index (χ3n) is 3.98. The van der Waals surface area contributed by atoms with Crippen LogP contribution in [-0.2, 0) is 6.42 Å². The van der Waals surface area contributed by atoms with Crippen molar-refractivity contribution >= 4 is 17.3 Å². The summed E-state index contributed by atoms with van der Waals surface area (Å²) in [6, 6.07) is 9.22. The fraction of sp³-hybridized carbons (Fsp3) is 0.167. The minimum Gasteiger partial charge on any atom is -0.322 e. The molecular weight excluding hydrogens is 334 g/mol. The van der Waals surface area contributed by atoms with Gasteiger partial charge in [0.1, 0.15) is 12.4 Å². The van der Waals surface area contributed by atoms with Gasteiger partial charge in [0.25, 0.3) is 5.91 Å². The van der Waals surface area contributed by atoms with Crippen molar-refractivity contribution in [3.8, 4) is 5.69 Å². The fourth-order valence-electron chi connectivity index (χ4n) is 2.45. The van der Waals surface area contributed by atoms with Crippen LogP contribution in [0.3, 0.4) is 0 Å². The smallest absolute Gasteiger partial charge is 0.307 e. The van der Waals surface area contributed by atoms with Crippen LogP contribution in [0, 0.1) is 17.0 Å². The molecule has 0 radical (unpaired) electrons. The maximum atomic E-state index is 12.6. The lowest BCUT2D eigenvalue weighted by atomic mass is 10.1. The highest BCUT2D eigenvalue weighted by Crippen LogP contribution is 2.17. The Labute approximate surface area is 149 Å². The highest BCUT2D eigenvalue weighted by atomic mass is 16.6. The molecule has 132 valence electrons. The summed E-state index contributed by atoms with van der Waals surface area (Å²) >= 11 is 0. The van der Waals surface area contributed by atoms with Crippen molar-refractivity contribution in [3.63, 3.8) is 0 Å². The lowest BCUT2D eigenvalue weighted by molar-refractivity contribution is -0.384. The minimum absolute atomic E-state index is 0.132. The maximum Gasteiger partial charge on any atom is 0.307 e. The molecule has 0 spiro atoms. The normalized spacial score (nSPS) is 10.5. The standard InChI is InChI=1S/C18H17N5O3/c1-3-13-4-6-14(7-5-13)21-18(24)17-8-15(9-19-12(17)2)22-11-16(10-20-22)23(25)26/h4-11H,3H2,1-2H3,(H,21,24). The van der Waals surface area contributed by atoms with Gasteiger partial charge in [-0.25, -0.2) is 4.68 Å². The van der Waals surface area contributed by atoms with Crippen molar-refractivity contribution in [2.24, 2.45) is 0 Å². The lowest BCUT2D eigenvalue weighted by Gasteiger charge is -2.09. The van der Waals surface area contributed by atoms with Crippen molar-refractivity contribution in [2.75, 3.05) is 5.32 Å². The molecule has 1 amide bonds. The van der Waals surface area contributed by atoms with Gasteiger partial charge in [-0.15, -0.1) is 0 Å². The van der Waals surface area contributed by atoms with Gasteiger partial charge < -0.3 is 5.32 Å². The first-order valence-corrected chi connectivity index (χ1v) is 8.04. The van der Waals surface area contributed by atoms with Crippen LogP contribution in [0.4, 0.5) is 11.4 Å². The Balaban J connectivity index is 1.86. The molecule has 2 aromatic heterocycles. The second-order valence-corrected chi connectivity index (χ2v) is 5.73. The van der Waals surface area contributed by atoms with E-state index in [0.29, 0.717) is 22.6 Å². The van der Waals surface area contributed by atoms with E-state index in [1.807, 2.05) is 24.3 Å².